The van der Waals surface area contributed by atoms with Crippen molar-refractivity contribution in [2.45, 2.75) is 30.9 Å². The Labute approximate surface area is 232 Å². The summed E-state index contributed by atoms with van der Waals surface area (Å²) in [5.74, 6) is 1.62. The Kier molecular flexibility index (Phi) is 8.73. The molecule has 0 aliphatic rings. The molecule has 0 saturated heterocycles. The maximum Gasteiger partial charge on any atom is 0.220 e. The fourth-order valence-corrected chi connectivity index (χ4v) is 5.63. The van der Waals surface area contributed by atoms with Gasteiger partial charge in [-0.3, -0.25) is 14.7 Å². The number of aromatic nitrogens is 3. The number of nitrogens with zero attached hydrogens (tertiary/aromatic N) is 4. The Balaban J connectivity index is 1.66. The van der Waals surface area contributed by atoms with E-state index >= 15 is 0 Å². The number of methoxy groups -OCH3 is 1. The quantitative estimate of drug-likeness (QED) is 0.109. The van der Waals surface area contributed by atoms with Gasteiger partial charge in [-0.15, -0.1) is 10.2 Å². The van der Waals surface area contributed by atoms with Gasteiger partial charge in [0.1, 0.15) is 17.7 Å². The molecule has 0 N–H and O–H groups in total. The van der Waals surface area contributed by atoms with Crippen molar-refractivity contribution in [2.24, 2.45) is 0 Å². The maximum atomic E-state index is 11.6. The topological polar surface area (TPSA) is 92.3 Å². The lowest BCUT2D eigenvalue weighted by atomic mass is 10.1. The van der Waals surface area contributed by atoms with Crippen LogP contribution in [0.1, 0.15) is 27.8 Å². The molecule has 0 spiro atoms. The van der Waals surface area contributed by atoms with Gasteiger partial charge in [-0.25, -0.2) is 0 Å². The first-order chi connectivity index (χ1) is 17.8. The largest absolute Gasteiger partial charge is 0.493 e. The predicted molar refractivity (Wildman–Crippen MR) is 148 cm³/mol. The summed E-state index contributed by atoms with van der Waals surface area (Å²) in [5.41, 5.74) is 3.53. The normalized spacial score (nSPS) is 11.8. The molecule has 4 aromatic rings. The zero-order valence-corrected chi connectivity index (χ0v) is 23.5. The van der Waals surface area contributed by atoms with E-state index in [0.29, 0.717) is 37.5 Å². The van der Waals surface area contributed by atoms with E-state index in [9.17, 15) is 10.1 Å². The number of hydrogen-bond donors (Lipinski definition) is 0. The lowest BCUT2D eigenvalue weighted by Gasteiger charge is -2.18. The molecule has 0 aliphatic carbocycles. The minimum absolute atomic E-state index is 0.236. The SMILES string of the molecule is COc1cc([C@H](C[N+](=O)[O-])Sc2nnc(C)n2-c2ccc(C)cc2)cc(Br)c1OCc1ccccc1Cl. The van der Waals surface area contributed by atoms with Gasteiger partial charge in [0.2, 0.25) is 6.54 Å². The molecular formula is C26H24BrClN4O4S. The third-order valence-electron chi connectivity index (χ3n) is 5.60. The highest BCUT2D eigenvalue weighted by atomic mass is 79.9. The van der Waals surface area contributed by atoms with Gasteiger partial charge in [0.25, 0.3) is 0 Å². The van der Waals surface area contributed by atoms with Crippen molar-refractivity contribution in [2.75, 3.05) is 13.7 Å². The maximum absolute atomic E-state index is 11.6. The van der Waals surface area contributed by atoms with Crippen molar-refractivity contribution in [3.8, 4) is 17.2 Å². The Hall–Kier alpha value is -3.08. The second kappa shape index (κ2) is 12.0. The van der Waals surface area contributed by atoms with Crippen molar-refractivity contribution in [3.05, 3.63) is 103 Å². The molecular weight excluding hydrogens is 580 g/mol. The van der Waals surface area contributed by atoms with Crippen molar-refractivity contribution in [1.82, 2.24) is 14.8 Å². The molecule has 1 heterocycles. The standard InChI is InChI=1S/C26H24BrClN4O4S/c1-16-8-10-20(11-9-16)32-17(2)29-30-26(32)37-24(14-31(33)34)19-12-21(27)25(23(13-19)35-3)36-15-18-6-4-5-7-22(18)28/h4-13,24H,14-15H2,1-3H3/t24-/m0/s1. The summed E-state index contributed by atoms with van der Waals surface area (Å²) in [6.45, 7) is 3.78. The van der Waals surface area contributed by atoms with E-state index in [1.807, 2.05) is 66.9 Å². The third-order valence-corrected chi connectivity index (χ3v) is 7.74. The molecule has 0 fully saturated rings. The fourth-order valence-electron chi connectivity index (χ4n) is 3.71. The number of benzene rings is 3. The molecule has 37 heavy (non-hydrogen) atoms. The zero-order valence-electron chi connectivity index (χ0n) is 20.4. The van der Waals surface area contributed by atoms with Crippen molar-refractivity contribution in [1.29, 1.82) is 0 Å². The summed E-state index contributed by atoms with van der Waals surface area (Å²) in [6.07, 6.45) is 0. The first-order valence-corrected chi connectivity index (χ1v) is 13.3. The van der Waals surface area contributed by atoms with E-state index in [4.69, 9.17) is 21.1 Å². The smallest absolute Gasteiger partial charge is 0.220 e. The van der Waals surface area contributed by atoms with E-state index in [1.54, 1.807) is 12.1 Å². The van der Waals surface area contributed by atoms with Gasteiger partial charge in [-0.2, -0.15) is 0 Å². The van der Waals surface area contributed by atoms with E-state index in [2.05, 4.69) is 26.1 Å². The van der Waals surface area contributed by atoms with Crippen LogP contribution in [0.2, 0.25) is 5.02 Å². The number of nitro groups is 1. The molecule has 0 unspecified atom stereocenters. The molecule has 0 aliphatic heterocycles. The minimum atomic E-state index is -0.564. The van der Waals surface area contributed by atoms with Crippen LogP contribution in [-0.4, -0.2) is 33.3 Å². The molecule has 8 nitrogen and oxygen atoms in total. The van der Waals surface area contributed by atoms with Gasteiger partial charge < -0.3 is 9.47 Å². The molecule has 0 radical (unpaired) electrons. The highest BCUT2D eigenvalue weighted by molar-refractivity contribution is 9.10. The van der Waals surface area contributed by atoms with Crippen LogP contribution in [0.3, 0.4) is 0 Å². The van der Waals surface area contributed by atoms with Gasteiger partial charge in [0.15, 0.2) is 16.7 Å². The number of hydrogen-bond acceptors (Lipinski definition) is 7. The van der Waals surface area contributed by atoms with Crippen LogP contribution in [0.25, 0.3) is 5.69 Å². The van der Waals surface area contributed by atoms with Crippen LogP contribution in [-0.2, 0) is 6.61 Å². The van der Waals surface area contributed by atoms with Crippen LogP contribution >= 0.6 is 39.3 Å². The number of thioether (sulfide) groups is 1. The van der Waals surface area contributed by atoms with Crippen LogP contribution in [0.15, 0.2) is 70.3 Å². The summed E-state index contributed by atoms with van der Waals surface area (Å²) in [5, 5.41) is 20.8. The Morgan fingerprint density at radius 3 is 2.54 bits per heavy atom. The molecule has 0 amide bonds. The van der Waals surface area contributed by atoms with E-state index < -0.39 is 5.25 Å². The summed E-state index contributed by atoms with van der Waals surface area (Å²) in [7, 11) is 1.53. The fraction of sp³-hybridized carbons (Fsp3) is 0.231. The number of rotatable bonds is 10. The van der Waals surface area contributed by atoms with E-state index in [-0.39, 0.29) is 18.1 Å². The Morgan fingerprint density at radius 2 is 1.86 bits per heavy atom. The molecule has 3 aromatic carbocycles. The second-order valence-corrected chi connectivity index (χ2v) is 10.7. The Bertz CT molecular complexity index is 1410. The van der Waals surface area contributed by atoms with Crippen LogP contribution in [0.4, 0.5) is 0 Å². The molecule has 0 bridgehead atoms. The first kappa shape index (κ1) is 27.0. The monoisotopic (exact) mass is 602 g/mol. The summed E-state index contributed by atoms with van der Waals surface area (Å²) in [4.78, 5) is 11.3. The minimum Gasteiger partial charge on any atom is -0.493 e. The van der Waals surface area contributed by atoms with Gasteiger partial charge in [-0.1, -0.05) is 59.3 Å². The van der Waals surface area contributed by atoms with Gasteiger partial charge in [0, 0.05) is 21.2 Å². The lowest BCUT2D eigenvalue weighted by molar-refractivity contribution is -0.479. The molecule has 11 heteroatoms. The Morgan fingerprint density at radius 1 is 1.14 bits per heavy atom. The summed E-state index contributed by atoms with van der Waals surface area (Å²) in [6, 6.07) is 18.9. The number of halogens is 2. The average Bonchev–Trinajstić information content (AvgIpc) is 3.23. The van der Waals surface area contributed by atoms with Crippen LogP contribution in [0.5, 0.6) is 11.5 Å². The molecule has 1 aromatic heterocycles. The highest BCUT2D eigenvalue weighted by Gasteiger charge is 2.26. The van der Waals surface area contributed by atoms with Gasteiger partial charge in [-0.05, 0) is 65.7 Å². The van der Waals surface area contributed by atoms with Crippen molar-refractivity contribution in [3.63, 3.8) is 0 Å². The van der Waals surface area contributed by atoms with Gasteiger partial charge in [0.05, 0.1) is 11.6 Å². The van der Waals surface area contributed by atoms with E-state index in [1.165, 1.54) is 18.9 Å². The molecule has 1 atom stereocenters. The van der Waals surface area contributed by atoms with Gasteiger partial charge >= 0.3 is 0 Å². The van der Waals surface area contributed by atoms with E-state index in [0.717, 1.165) is 16.8 Å². The third kappa shape index (κ3) is 6.44. The highest BCUT2D eigenvalue weighted by Crippen LogP contribution is 2.43. The van der Waals surface area contributed by atoms with Crippen LogP contribution in [0, 0.1) is 24.0 Å². The number of aryl methyl sites for hydroxylation is 2. The lowest BCUT2D eigenvalue weighted by Crippen LogP contribution is -2.12. The predicted octanol–water partition coefficient (Wildman–Crippen LogP) is 7.00. The summed E-state index contributed by atoms with van der Waals surface area (Å²) >= 11 is 11.1. The van der Waals surface area contributed by atoms with Crippen molar-refractivity contribution < 1.29 is 14.4 Å². The van der Waals surface area contributed by atoms with Crippen molar-refractivity contribution >= 4 is 39.3 Å². The molecule has 4 rings (SSSR count). The zero-order chi connectivity index (χ0) is 26.5. The summed E-state index contributed by atoms with van der Waals surface area (Å²) < 4.78 is 14.1. The first-order valence-electron chi connectivity index (χ1n) is 11.3. The molecule has 0 saturated carbocycles. The second-order valence-electron chi connectivity index (χ2n) is 8.24. The molecule has 192 valence electrons. The number of ether oxygens (including phenoxy) is 2. The average molecular weight is 604 g/mol. The van der Waals surface area contributed by atoms with Crippen LogP contribution < -0.4 is 9.47 Å².